The Morgan fingerprint density at radius 2 is 1.74 bits per heavy atom. The molecule has 0 aliphatic carbocycles. The van der Waals surface area contributed by atoms with Gasteiger partial charge in [-0.05, 0) is 22.7 Å². The summed E-state index contributed by atoms with van der Waals surface area (Å²) in [6.07, 6.45) is 2.20. The molecule has 0 atom stereocenters. The van der Waals surface area contributed by atoms with E-state index in [0.717, 1.165) is 25.9 Å². The van der Waals surface area contributed by atoms with E-state index in [9.17, 15) is 0 Å². The monoisotopic (exact) mass is 251 g/mol. The highest BCUT2D eigenvalue weighted by Gasteiger charge is 2.24. The fourth-order valence-electron chi connectivity index (χ4n) is 2.52. The van der Waals surface area contributed by atoms with Crippen LogP contribution in [0.15, 0.2) is 53.6 Å². The number of nitrogens with zero attached hydrogens (tertiary/aromatic N) is 2. The third-order valence-electron chi connectivity index (χ3n) is 3.72. The molecule has 96 valence electrons. The summed E-state index contributed by atoms with van der Waals surface area (Å²) in [6, 6.07) is 17.3. The van der Waals surface area contributed by atoms with E-state index in [1.807, 2.05) is 0 Å². The van der Waals surface area contributed by atoms with Gasteiger partial charge in [-0.2, -0.15) is 0 Å². The number of hydrogen-bond donors (Lipinski definition) is 0. The van der Waals surface area contributed by atoms with Crippen LogP contribution < -0.4 is 0 Å². The lowest BCUT2D eigenvalue weighted by Crippen LogP contribution is -1.99. The van der Waals surface area contributed by atoms with E-state index in [0.29, 0.717) is 0 Å². The van der Waals surface area contributed by atoms with E-state index in [-0.39, 0.29) is 0 Å². The molecule has 3 rings (SSSR count). The number of azo groups is 2. The lowest BCUT2D eigenvalue weighted by molar-refractivity contribution is -0.505. The Morgan fingerprint density at radius 3 is 2.53 bits per heavy atom. The second-order valence-electron chi connectivity index (χ2n) is 4.97. The summed E-state index contributed by atoms with van der Waals surface area (Å²) < 4.78 is 2.14. The van der Waals surface area contributed by atoms with E-state index < -0.39 is 0 Å². The van der Waals surface area contributed by atoms with Crippen molar-refractivity contribution in [1.29, 1.82) is 0 Å². The first kappa shape index (κ1) is 12.1. The first-order valence-electron chi connectivity index (χ1n) is 6.97. The summed E-state index contributed by atoms with van der Waals surface area (Å²) in [5.74, 6) is 0. The number of aryl methyl sites for hydroxylation is 1. The predicted molar refractivity (Wildman–Crippen MR) is 76.9 cm³/mol. The van der Waals surface area contributed by atoms with E-state index in [4.69, 9.17) is 5.11 Å². The van der Waals surface area contributed by atoms with Gasteiger partial charge in [0.05, 0.1) is 0 Å². The molecule has 0 N–H and O–H groups in total. The number of benzene rings is 2. The Morgan fingerprint density at radius 1 is 1.00 bits per heavy atom. The zero-order valence-corrected chi connectivity index (χ0v) is 11.3. The lowest BCUT2D eigenvalue weighted by Gasteiger charge is -1.98. The van der Waals surface area contributed by atoms with Crippen LogP contribution in [0.25, 0.3) is 0 Å². The summed E-state index contributed by atoms with van der Waals surface area (Å²) in [7, 11) is 0. The molecular weight excluding hydrogens is 232 g/mol. The van der Waals surface area contributed by atoms with Crippen LogP contribution in [0.5, 0.6) is 0 Å². The van der Waals surface area contributed by atoms with Crippen LogP contribution in [0, 0.1) is 0 Å². The lowest BCUT2D eigenvalue weighted by atomic mass is 10.1. The molecule has 1 heterocycles. The van der Waals surface area contributed by atoms with Crippen LogP contribution in [0.4, 0.5) is 5.69 Å². The van der Waals surface area contributed by atoms with Crippen molar-refractivity contribution in [3.63, 3.8) is 0 Å². The zero-order chi connectivity index (χ0) is 13.1. The molecule has 2 nitrogen and oxygen atoms in total. The molecule has 0 saturated carbocycles. The van der Waals surface area contributed by atoms with Crippen LogP contribution in [0.1, 0.15) is 23.6 Å². The third-order valence-corrected chi connectivity index (χ3v) is 3.72. The van der Waals surface area contributed by atoms with Crippen molar-refractivity contribution < 1.29 is 4.70 Å². The van der Waals surface area contributed by atoms with Gasteiger partial charge in [0.15, 0.2) is 6.54 Å². The molecule has 0 aromatic heterocycles. The minimum absolute atomic E-state index is 0.762. The molecule has 0 bridgehead atoms. The quantitative estimate of drug-likeness (QED) is 0.730. The fourth-order valence-corrected chi connectivity index (χ4v) is 2.52. The van der Waals surface area contributed by atoms with Gasteiger partial charge in [-0.3, -0.25) is 0 Å². The molecule has 0 unspecified atom stereocenters. The Bertz CT molecular complexity index is 597. The highest BCUT2D eigenvalue weighted by molar-refractivity contribution is 5.41. The molecule has 0 spiro atoms. The molecule has 2 aromatic carbocycles. The van der Waals surface area contributed by atoms with Gasteiger partial charge in [0.2, 0.25) is 5.69 Å². The molecule has 0 fully saturated rings. The van der Waals surface area contributed by atoms with Crippen molar-refractivity contribution >= 4 is 5.69 Å². The van der Waals surface area contributed by atoms with E-state index in [1.54, 1.807) is 0 Å². The molecule has 2 aromatic rings. The van der Waals surface area contributed by atoms with Crippen molar-refractivity contribution in [3.05, 3.63) is 65.2 Å². The average molecular weight is 251 g/mol. The standard InChI is InChI=1S/C17H19N2/c1-2-14-7-9-15(10-8-14)13-18-19-12-11-16-5-3-4-6-17(16)19/h3-10H,2,11-13H2,1H3/q+1. The average Bonchev–Trinajstić information content (AvgIpc) is 2.89. The van der Waals surface area contributed by atoms with E-state index in [1.165, 1.54) is 22.4 Å². The third kappa shape index (κ3) is 2.58. The van der Waals surface area contributed by atoms with Crippen molar-refractivity contribution in [3.8, 4) is 0 Å². The van der Waals surface area contributed by atoms with Gasteiger partial charge in [0.25, 0.3) is 0 Å². The SMILES string of the molecule is CCc1ccc(CN=[N+]2CCc3ccccc32)cc1. The van der Waals surface area contributed by atoms with E-state index in [2.05, 4.69) is 60.2 Å². The second kappa shape index (κ2) is 5.35. The number of hydrogen-bond acceptors (Lipinski definition) is 1. The maximum absolute atomic E-state index is 4.72. The zero-order valence-electron chi connectivity index (χ0n) is 11.3. The second-order valence-corrected chi connectivity index (χ2v) is 4.97. The first-order valence-corrected chi connectivity index (χ1v) is 6.97. The van der Waals surface area contributed by atoms with Crippen molar-refractivity contribution in [2.75, 3.05) is 6.54 Å². The number of para-hydroxylation sites is 1. The molecular formula is C17H19N2+. The van der Waals surface area contributed by atoms with Crippen molar-refractivity contribution in [2.45, 2.75) is 26.3 Å². The van der Waals surface area contributed by atoms with Gasteiger partial charge in [-0.1, -0.05) is 54.1 Å². The first-order chi connectivity index (χ1) is 9.36. The smallest absolute Gasteiger partial charge is 0.0881 e. The van der Waals surface area contributed by atoms with E-state index >= 15 is 0 Å². The topological polar surface area (TPSA) is 15.4 Å². The maximum Gasteiger partial charge on any atom is 0.234 e. The Balaban J connectivity index is 1.76. The molecule has 0 saturated heterocycles. The molecule has 19 heavy (non-hydrogen) atoms. The molecule has 0 amide bonds. The summed E-state index contributed by atoms with van der Waals surface area (Å²) in [4.78, 5) is 0. The van der Waals surface area contributed by atoms with Crippen LogP contribution in [0.2, 0.25) is 0 Å². The summed E-state index contributed by atoms with van der Waals surface area (Å²) in [5, 5.41) is 4.72. The van der Waals surface area contributed by atoms with Crippen LogP contribution in [-0.4, -0.2) is 11.2 Å². The maximum atomic E-state index is 4.72. The van der Waals surface area contributed by atoms with Gasteiger partial charge in [0.1, 0.15) is 6.54 Å². The van der Waals surface area contributed by atoms with Crippen LogP contribution >= 0.6 is 0 Å². The summed E-state index contributed by atoms with van der Waals surface area (Å²) in [6.45, 7) is 3.95. The molecule has 0 radical (unpaired) electrons. The fraction of sp³-hybridized carbons (Fsp3) is 0.294. The van der Waals surface area contributed by atoms with Gasteiger partial charge < -0.3 is 0 Å². The van der Waals surface area contributed by atoms with Crippen molar-refractivity contribution in [1.82, 2.24) is 0 Å². The molecule has 2 heteroatoms. The van der Waals surface area contributed by atoms with Gasteiger partial charge >= 0.3 is 0 Å². The van der Waals surface area contributed by atoms with Gasteiger partial charge in [-0.15, -0.1) is 0 Å². The summed E-state index contributed by atoms with van der Waals surface area (Å²) in [5.41, 5.74) is 5.34. The minimum Gasteiger partial charge on any atom is -0.0881 e. The van der Waals surface area contributed by atoms with Crippen molar-refractivity contribution in [2.24, 2.45) is 5.11 Å². The highest BCUT2D eigenvalue weighted by atomic mass is 15.3. The normalized spacial score (nSPS) is 15.7. The Kier molecular flexibility index (Phi) is 3.41. The van der Waals surface area contributed by atoms with Crippen LogP contribution in [0.3, 0.4) is 0 Å². The predicted octanol–water partition coefficient (Wildman–Crippen LogP) is 4.10. The largest absolute Gasteiger partial charge is 0.234 e. The minimum atomic E-state index is 0.762. The Labute approximate surface area is 114 Å². The number of rotatable bonds is 3. The van der Waals surface area contributed by atoms with Gasteiger partial charge in [-0.25, -0.2) is 0 Å². The molecule has 1 aliphatic rings. The highest BCUT2D eigenvalue weighted by Crippen LogP contribution is 2.26. The molecule has 1 aliphatic heterocycles. The van der Waals surface area contributed by atoms with Gasteiger partial charge in [0, 0.05) is 18.1 Å². The number of fused-ring (bicyclic) bond motifs is 1. The Hall–Kier alpha value is -1.96. The summed E-state index contributed by atoms with van der Waals surface area (Å²) >= 11 is 0. The van der Waals surface area contributed by atoms with Crippen LogP contribution in [-0.2, 0) is 19.4 Å².